The summed E-state index contributed by atoms with van der Waals surface area (Å²) in [7, 11) is 1.97. The topological polar surface area (TPSA) is 55.9 Å². The first-order valence-corrected chi connectivity index (χ1v) is 6.29. The van der Waals surface area contributed by atoms with Crippen LogP contribution >= 0.6 is 0 Å². The standard InChI is InChI=1S/C14H18N4/c1-18-8-14(16-9-18)13(17-15)7-11-6-10-4-2-3-5-12(10)11/h2-5,8-9,11,13,17H,6-7,15H2,1H3. The van der Waals surface area contributed by atoms with Gasteiger partial charge in [-0.1, -0.05) is 24.3 Å². The van der Waals surface area contributed by atoms with E-state index in [9.17, 15) is 0 Å². The predicted octanol–water partition coefficient (Wildman–Crippen LogP) is 1.65. The van der Waals surface area contributed by atoms with Crippen LogP contribution in [-0.4, -0.2) is 9.55 Å². The number of aryl methyl sites for hydroxylation is 1. The summed E-state index contributed by atoms with van der Waals surface area (Å²) >= 11 is 0. The summed E-state index contributed by atoms with van der Waals surface area (Å²) < 4.78 is 1.95. The molecule has 1 aliphatic carbocycles. The molecule has 0 aliphatic heterocycles. The van der Waals surface area contributed by atoms with Crippen LogP contribution in [0.25, 0.3) is 0 Å². The summed E-state index contributed by atoms with van der Waals surface area (Å²) in [5.41, 5.74) is 6.84. The summed E-state index contributed by atoms with van der Waals surface area (Å²) in [5, 5.41) is 0. The maximum Gasteiger partial charge on any atom is 0.0947 e. The van der Waals surface area contributed by atoms with Crippen LogP contribution < -0.4 is 11.3 Å². The number of nitrogens with one attached hydrogen (secondary N) is 1. The van der Waals surface area contributed by atoms with E-state index in [-0.39, 0.29) is 6.04 Å². The molecule has 2 atom stereocenters. The number of nitrogens with zero attached hydrogens (tertiary/aromatic N) is 2. The second-order valence-corrected chi connectivity index (χ2v) is 5.02. The van der Waals surface area contributed by atoms with Crippen LogP contribution in [0.3, 0.4) is 0 Å². The number of hydrazine groups is 1. The maximum absolute atomic E-state index is 5.66. The molecule has 1 aromatic heterocycles. The Morgan fingerprint density at radius 1 is 1.50 bits per heavy atom. The van der Waals surface area contributed by atoms with Crippen LogP contribution in [0, 0.1) is 0 Å². The van der Waals surface area contributed by atoms with Crippen LogP contribution in [0.5, 0.6) is 0 Å². The predicted molar refractivity (Wildman–Crippen MR) is 70.8 cm³/mol. The highest BCUT2D eigenvalue weighted by Crippen LogP contribution is 2.40. The number of hydrogen-bond acceptors (Lipinski definition) is 3. The van der Waals surface area contributed by atoms with Gasteiger partial charge in [-0.3, -0.25) is 11.3 Å². The van der Waals surface area contributed by atoms with E-state index in [0.717, 1.165) is 18.5 Å². The molecule has 0 spiro atoms. The van der Waals surface area contributed by atoms with Gasteiger partial charge in [0.1, 0.15) is 0 Å². The van der Waals surface area contributed by atoms with Gasteiger partial charge < -0.3 is 4.57 Å². The molecule has 1 aliphatic rings. The average Bonchev–Trinajstić information content (AvgIpc) is 2.77. The highest BCUT2D eigenvalue weighted by Gasteiger charge is 2.28. The van der Waals surface area contributed by atoms with Gasteiger partial charge >= 0.3 is 0 Å². The number of fused-ring (bicyclic) bond motifs is 1. The van der Waals surface area contributed by atoms with Crippen molar-refractivity contribution in [3.8, 4) is 0 Å². The van der Waals surface area contributed by atoms with Crippen molar-refractivity contribution >= 4 is 0 Å². The molecule has 94 valence electrons. The zero-order valence-electron chi connectivity index (χ0n) is 10.5. The molecule has 3 N–H and O–H groups in total. The Morgan fingerprint density at radius 3 is 3.00 bits per heavy atom. The fraction of sp³-hybridized carbons (Fsp3) is 0.357. The first-order chi connectivity index (χ1) is 8.78. The van der Waals surface area contributed by atoms with E-state index in [0.29, 0.717) is 5.92 Å². The third-order valence-electron chi connectivity index (χ3n) is 3.76. The molecular weight excluding hydrogens is 224 g/mol. The van der Waals surface area contributed by atoms with Crippen molar-refractivity contribution in [1.82, 2.24) is 15.0 Å². The minimum absolute atomic E-state index is 0.129. The zero-order valence-corrected chi connectivity index (χ0v) is 10.5. The largest absolute Gasteiger partial charge is 0.340 e. The Bertz CT molecular complexity index is 546. The fourth-order valence-electron chi connectivity index (χ4n) is 2.74. The molecule has 0 saturated heterocycles. The zero-order chi connectivity index (χ0) is 12.5. The molecular formula is C14H18N4. The number of imidazole rings is 1. The van der Waals surface area contributed by atoms with Gasteiger partial charge in [-0.05, 0) is 29.9 Å². The number of hydrogen-bond donors (Lipinski definition) is 2. The Labute approximate surface area is 107 Å². The van der Waals surface area contributed by atoms with Crippen LogP contribution in [0.15, 0.2) is 36.8 Å². The minimum Gasteiger partial charge on any atom is -0.340 e. The molecule has 0 saturated carbocycles. The molecule has 0 bridgehead atoms. The van der Waals surface area contributed by atoms with Gasteiger partial charge in [0.2, 0.25) is 0 Å². The third kappa shape index (κ3) is 1.94. The van der Waals surface area contributed by atoms with Crippen LogP contribution in [0.2, 0.25) is 0 Å². The highest BCUT2D eigenvalue weighted by atomic mass is 15.2. The van der Waals surface area contributed by atoms with Crippen LogP contribution in [0.4, 0.5) is 0 Å². The first kappa shape index (κ1) is 11.4. The van der Waals surface area contributed by atoms with Crippen molar-refractivity contribution < 1.29 is 0 Å². The lowest BCUT2D eigenvalue weighted by atomic mass is 9.74. The average molecular weight is 242 g/mol. The Balaban J connectivity index is 1.73. The Hall–Kier alpha value is -1.65. The number of nitrogens with two attached hydrogens (primary N) is 1. The van der Waals surface area contributed by atoms with E-state index in [1.54, 1.807) is 0 Å². The maximum atomic E-state index is 5.66. The minimum atomic E-state index is 0.129. The van der Waals surface area contributed by atoms with Crippen molar-refractivity contribution in [3.05, 3.63) is 53.6 Å². The van der Waals surface area contributed by atoms with Gasteiger partial charge in [0, 0.05) is 13.2 Å². The number of benzene rings is 1. The molecule has 0 amide bonds. The normalized spacial score (nSPS) is 19.1. The van der Waals surface area contributed by atoms with Crippen molar-refractivity contribution in [2.75, 3.05) is 0 Å². The Morgan fingerprint density at radius 2 is 2.33 bits per heavy atom. The molecule has 3 rings (SSSR count). The number of rotatable bonds is 4. The molecule has 2 unspecified atom stereocenters. The Kier molecular flexibility index (Phi) is 2.89. The van der Waals surface area contributed by atoms with E-state index in [1.807, 2.05) is 24.1 Å². The number of aromatic nitrogens is 2. The van der Waals surface area contributed by atoms with Crippen LogP contribution in [0.1, 0.15) is 35.2 Å². The van der Waals surface area contributed by atoms with E-state index >= 15 is 0 Å². The quantitative estimate of drug-likeness (QED) is 0.633. The summed E-state index contributed by atoms with van der Waals surface area (Å²) in [6.45, 7) is 0. The van der Waals surface area contributed by atoms with Gasteiger partial charge in [-0.25, -0.2) is 4.98 Å². The molecule has 0 fully saturated rings. The van der Waals surface area contributed by atoms with E-state index in [1.165, 1.54) is 11.1 Å². The summed E-state index contributed by atoms with van der Waals surface area (Å²) in [4.78, 5) is 4.37. The lowest BCUT2D eigenvalue weighted by Gasteiger charge is -2.32. The summed E-state index contributed by atoms with van der Waals surface area (Å²) in [5.74, 6) is 6.26. The second kappa shape index (κ2) is 4.55. The van der Waals surface area contributed by atoms with Crippen molar-refractivity contribution in [2.24, 2.45) is 12.9 Å². The van der Waals surface area contributed by atoms with Gasteiger partial charge in [-0.2, -0.15) is 0 Å². The molecule has 1 heterocycles. The van der Waals surface area contributed by atoms with Crippen molar-refractivity contribution in [3.63, 3.8) is 0 Å². The lowest BCUT2D eigenvalue weighted by Crippen LogP contribution is -2.31. The van der Waals surface area contributed by atoms with Gasteiger partial charge in [0.15, 0.2) is 0 Å². The first-order valence-electron chi connectivity index (χ1n) is 6.29. The monoisotopic (exact) mass is 242 g/mol. The van der Waals surface area contributed by atoms with E-state index in [4.69, 9.17) is 5.84 Å². The summed E-state index contributed by atoms with van der Waals surface area (Å²) in [6.07, 6.45) is 6.00. The highest BCUT2D eigenvalue weighted by molar-refractivity contribution is 5.40. The third-order valence-corrected chi connectivity index (χ3v) is 3.76. The van der Waals surface area contributed by atoms with Crippen molar-refractivity contribution in [1.29, 1.82) is 0 Å². The van der Waals surface area contributed by atoms with Gasteiger partial charge in [0.05, 0.1) is 18.1 Å². The van der Waals surface area contributed by atoms with Gasteiger partial charge in [-0.15, -0.1) is 0 Å². The summed E-state index contributed by atoms with van der Waals surface area (Å²) in [6, 6.07) is 8.76. The lowest BCUT2D eigenvalue weighted by molar-refractivity contribution is 0.429. The van der Waals surface area contributed by atoms with E-state index in [2.05, 4.69) is 34.7 Å². The molecule has 2 aromatic rings. The fourth-order valence-corrected chi connectivity index (χ4v) is 2.74. The van der Waals surface area contributed by atoms with Gasteiger partial charge in [0.25, 0.3) is 0 Å². The smallest absolute Gasteiger partial charge is 0.0947 e. The molecule has 1 aromatic carbocycles. The van der Waals surface area contributed by atoms with Crippen LogP contribution in [-0.2, 0) is 13.5 Å². The van der Waals surface area contributed by atoms with Crippen molar-refractivity contribution in [2.45, 2.75) is 24.8 Å². The van der Waals surface area contributed by atoms with E-state index < -0.39 is 0 Å². The molecule has 4 nitrogen and oxygen atoms in total. The molecule has 4 heteroatoms. The SMILES string of the molecule is Cn1cnc(C(CC2Cc3ccccc32)NN)c1. The second-order valence-electron chi connectivity index (χ2n) is 5.02. The molecule has 0 radical (unpaired) electrons. The molecule has 18 heavy (non-hydrogen) atoms.